The van der Waals surface area contributed by atoms with Crippen molar-refractivity contribution in [3.05, 3.63) is 29.7 Å². The lowest BCUT2D eigenvalue weighted by Crippen LogP contribution is -2.15. The fraction of sp³-hybridized carbons (Fsp3) is 0.222. The molecule has 0 bridgehead atoms. The van der Waals surface area contributed by atoms with Crippen molar-refractivity contribution in [3.63, 3.8) is 0 Å². The number of carbonyl (C=O) groups is 1. The molecular weight excluding hydrogens is 156 g/mol. The van der Waals surface area contributed by atoms with Crippen molar-refractivity contribution in [2.75, 3.05) is 0 Å². The first kappa shape index (κ1) is 7.16. The number of hydrogen-bond acceptors (Lipinski definition) is 2. The standard InChI is InChI=1S/C9H8O3/c10-9(11)7-2-1-6-3-4-12-8(6)5-7/h1-4,7H,5H2,(H,10,11). The topological polar surface area (TPSA) is 50.4 Å². The second-order valence-corrected chi connectivity index (χ2v) is 2.81. The minimum Gasteiger partial charge on any atom is -0.481 e. The summed E-state index contributed by atoms with van der Waals surface area (Å²) >= 11 is 0. The zero-order chi connectivity index (χ0) is 8.55. The molecule has 1 aliphatic carbocycles. The van der Waals surface area contributed by atoms with Gasteiger partial charge in [-0.1, -0.05) is 12.2 Å². The molecule has 0 saturated carbocycles. The highest BCUT2D eigenvalue weighted by Gasteiger charge is 2.21. The Balaban J connectivity index is 2.30. The molecule has 0 aromatic carbocycles. The normalized spacial score (nSPS) is 20.5. The molecule has 1 aromatic rings. The molecule has 1 heterocycles. The summed E-state index contributed by atoms with van der Waals surface area (Å²) in [6.07, 6.45) is 5.54. The lowest BCUT2D eigenvalue weighted by atomic mass is 9.96. The Morgan fingerprint density at radius 1 is 1.67 bits per heavy atom. The van der Waals surface area contributed by atoms with Crippen molar-refractivity contribution in [2.24, 2.45) is 5.92 Å². The van der Waals surface area contributed by atoms with E-state index in [0.717, 1.165) is 11.3 Å². The van der Waals surface area contributed by atoms with Crippen LogP contribution in [0.1, 0.15) is 11.3 Å². The molecule has 0 fully saturated rings. The zero-order valence-electron chi connectivity index (χ0n) is 6.36. The van der Waals surface area contributed by atoms with Crippen LogP contribution >= 0.6 is 0 Å². The molecule has 0 spiro atoms. The van der Waals surface area contributed by atoms with E-state index in [2.05, 4.69) is 0 Å². The monoisotopic (exact) mass is 164 g/mol. The lowest BCUT2D eigenvalue weighted by molar-refractivity contribution is -0.140. The first-order chi connectivity index (χ1) is 5.77. The SMILES string of the molecule is O=C(O)C1C=Cc2ccoc2C1. The molecule has 0 aliphatic heterocycles. The maximum Gasteiger partial charge on any atom is 0.310 e. The summed E-state index contributed by atoms with van der Waals surface area (Å²) in [6.45, 7) is 0. The summed E-state index contributed by atoms with van der Waals surface area (Å²) in [6, 6.07) is 1.84. The lowest BCUT2D eigenvalue weighted by Gasteiger charge is -2.10. The molecule has 1 N–H and O–H groups in total. The van der Waals surface area contributed by atoms with Crippen molar-refractivity contribution in [1.29, 1.82) is 0 Å². The van der Waals surface area contributed by atoms with Gasteiger partial charge in [0.25, 0.3) is 0 Å². The average Bonchev–Trinajstić information content (AvgIpc) is 2.49. The van der Waals surface area contributed by atoms with Gasteiger partial charge in [-0.25, -0.2) is 0 Å². The molecule has 12 heavy (non-hydrogen) atoms. The zero-order valence-corrected chi connectivity index (χ0v) is 6.36. The first-order valence-electron chi connectivity index (χ1n) is 3.75. The van der Waals surface area contributed by atoms with Gasteiger partial charge in [0, 0.05) is 12.0 Å². The quantitative estimate of drug-likeness (QED) is 0.685. The van der Waals surface area contributed by atoms with Gasteiger partial charge in [-0.05, 0) is 6.07 Å². The van der Waals surface area contributed by atoms with Crippen LogP contribution in [0, 0.1) is 5.92 Å². The van der Waals surface area contributed by atoms with Crippen LogP contribution in [0.3, 0.4) is 0 Å². The third-order valence-corrected chi connectivity index (χ3v) is 2.01. The Hall–Kier alpha value is -1.51. The third kappa shape index (κ3) is 1.03. The molecule has 0 saturated heterocycles. The van der Waals surface area contributed by atoms with E-state index in [1.807, 2.05) is 6.07 Å². The molecule has 1 aliphatic rings. The number of carboxylic acids is 1. The van der Waals surface area contributed by atoms with Crippen LogP contribution in [0.4, 0.5) is 0 Å². The minimum absolute atomic E-state index is 0.427. The summed E-state index contributed by atoms with van der Waals surface area (Å²) < 4.78 is 5.12. The maximum absolute atomic E-state index is 10.6. The van der Waals surface area contributed by atoms with E-state index in [1.165, 1.54) is 0 Å². The Kier molecular flexibility index (Phi) is 1.50. The fourth-order valence-corrected chi connectivity index (χ4v) is 1.32. The molecule has 2 rings (SSSR count). The van der Waals surface area contributed by atoms with Gasteiger partial charge in [0.05, 0.1) is 12.2 Å². The Bertz CT molecular complexity index is 335. The minimum atomic E-state index is -0.798. The number of furan rings is 1. The van der Waals surface area contributed by atoms with Gasteiger partial charge in [0.1, 0.15) is 5.76 Å². The third-order valence-electron chi connectivity index (χ3n) is 2.01. The van der Waals surface area contributed by atoms with E-state index >= 15 is 0 Å². The number of carboxylic acid groups (broad SMARTS) is 1. The maximum atomic E-state index is 10.6. The molecular formula is C9H8O3. The van der Waals surface area contributed by atoms with Crippen LogP contribution < -0.4 is 0 Å². The fourth-order valence-electron chi connectivity index (χ4n) is 1.32. The van der Waals surface area contributed by atoms with Crippen LogP contribution in [0.2, 0.25) is 0 Å². The average molecular weight is 164 g/mol. The van der Waals surface area contributed by atoms with Gasteiger partial charge in [0.15, 0.2) is 0 Å². The Labute approximate surface area is 69.3 Å². The van der Waals surface area contributed by atoms with Crippen LogP contribution in [0.5, 0.6) is 0 Å². The summed E-state index contributed by atoms with van der Waals surface area (Å²) in [4.78, 5) is 10.6. The van der Waals surface area contributed by atoms with Crippen LogP contribution in [0.15, 0.2) is 22.8 Å². The highest BCUT2D eigenvalue weighted by atomic mass is 16.4. The van der Waals surface area contributed by atoms with Crippen LogP contribution in [0.25, 0.3) is 6.08 Å². The Morgan fingerprint density at radius 3 is 3.25 bits per heavy atom. The second kappa shape index (κ2) is 2.52. The van der Waals surface area contributed by atoms with E-state index in [0.29, 0.717) is 6.42 Å². The predicted molar refractivity (Wildman–Crippen MR) is 42.6 cm³/mol. The first-order valence-corrected chi connectivity index (χ1v) is 3.75. The highest BCUT2D eigenvalue weighted by molar-refractivity contribution is 5.75. The van der Waals surface area contributed by atoms with Gasteiger partial charge in [-0.3, -0.25) is 4.79 Å². The number of hydrogen-bond donors (Lipinski definition) is 1. The largest absolute Gasteiger partial charge is 0.481 e. The van der Waals surface area contributed by atoms with Crippen LogP contribution in [-0.2, 0) is 11.2 Å². The van der Waals surface area contributed by atoms with Crippen molar-refractivity contribution in [3.8, 4) is 0 Å². The van der Waals surface area contributed by atoms with E-state index in [1.54, 1.807) is 18.4 Å². The van der Waals surface area contributed by atoms with Gasteiger partial charge in [-0.15, -0.1) is 0 Å². The Morgan fingerprint density at radius 2 is 2.50 bits per heavy atom. The van der Waals surface area contributed by atoms with Gasteiger partial charge in [-0.2, -0.15) is 0 Å². The summed E-state index contributed by atoms with van der Waals surface area (Å²) in [5.41, 5.74) is 0.993. The molecule has 62 valence electrons. The molecule has 0 radical (unpaired) electrons. The van der Waals surface area contributed by atoms with E-state index in [-0.39, 0.29) is 0 Å². The van der Waals surface area contributed by atoms with Gasteiger partial charge in [0.2, 0.25) is 0 Å². The van der Waals surface area contributed by atoms with E-state index in [4.69, 9.17) is 9.52 Å². The summed E-state index contributed by atoms with van der Waals surface area (Å²) in [5, 5.41) is 8.71. The smallest absolute Gasteiger partial charge is 0.310 e. The van der Waals surface area contributed by atoms with Crippen molar-refractivity contribution in [1.82, 2.24) is 0 Å². The second-order valence-electron chi connectivity index (χ2n) is 2.81. The van der Waals surface area contributed by atoms with E-state index in [9.17, 15) is 4.79 Å². The predicted octanol–water partition coefficient (Wildman–Crippen LogP) is 1.55. The molecule has 1 atom stereocenters. The molecule has 3 nitrogen and oxygen atoms in total. The van der Waals surface area contributed by atoms with Gasteiger partial charge >= 0.3 is 5.97 Å². The highest BCUT2D eigenvalue weighted by Crippen LogP contribution is 2.23. The molecule has 3 heteroatoms. The van der Waals surface area contributed by atoms with E-state index < -0.39 is 11.9 Å². The molecule has 1 aromatic heterocycles. The van der Waals surface area contributed by atoms with Crippen molar-refractivity contribution in [2.45, 2.75) is 6.42 Å². The number of fused-ring (bicyclic) bond motifs is 1. The van der Waals surface area contributed by atoms with Crippen LogP contribution in [-0.4, -0.2) is 11.1 Å². The number of aliphatic carboxylic acids is 1. The van der Waals surface area contributed by atoms with Gasteiger partial charge < -0.3 is 9.52 Å². The molecule has 0 amide bonds. The van der Waals surface area contributed by atoms with Crippen molar-refractivity contribution < 1.29 is 14.3 Å². The number of rotatable bonds is 1. The molecule has 1 unspecified atom stereocenters. The summed E-state index contributed by atoms with van der Waals surface area (Å²) in [7, 11) is 0. The van der Waals surface area contributed by atoms with Crippen molar-refractivity contribution >= 4 is 12.0 Å². The summed E-state index contributed by atoms with van der Waals surface area (Å²) in [5.74, 6) is -0.457.